The van der Waals surface area contributed by atoms with E-state index in [9.17, 15) is 0 Å². The van der Waals surface area contributed by atoms with Crippen molar-refractivity contribution in [2.75, 3.05) is 32.7 Å². The van der Waals surface area contributed by atoms with Crippen molar-refractivity contribution < 1.29 is 0 Å². The third-order valence-corrected chi connectivity index (χ3v) is 4.46. The van der Waals surface area contributed by atoms with E-state index in [-0.39, 0.29) is 29.5 Å². The van der Waals surface area contributed by atoms with Crippen LogP contribution in [0.1, 0.15) is 51.7 Å². The summed E-state index contributed by atoms with van der Waals surface area (Å²) in [5.74, 6) is 0.879. The third-order valence-electron chi connectivity index (χ3n) is 4.46. The molecule has 1 saturated heterocycles. The molecule has 3 N–H and O–H groups in total. The van der Waals surface area contributed by atoms with Crippen LogP contribution in [0.5, 0.6) is 0 Å². The number of hydrogen-bond donors (Lipinski definition) is 3. The normalized spacial score (nSPS) is 15.5. The smallest absolute Gasteiger partial charge is 0.191 e. The maximum atomic E-state index is 4.71. The molecule has 0 atom stereocenters. The van der Waals surface area contributed by atoms with Gasteiger partial charge in [-0.2, -0.15) is 0 Å². The molecule has 0 bridgehead atoms. The number of guanidine groups is 1. The lowest BCUT2D eigenvalue weighted by Gasteiger charge is -2.21. The molecule has 1 heterocycles. The van der Waals surface area contributed by atoms with Gasteiger partial charge in [-0.05, 0) is 64.8 Å². The topological polar surface area (TPSA) is 51.7 Å². The average Bonchev–Trinajstić information content (AvgIpc) is 3.10. The van der Waals surface area contributed by atoms with Gasteiger partial charge in [0.25, 0.3) is 0 Å². The molecule has 0 unspecified atom stereocenters. The first kappa shape index (κ1) is 24.2. The van der Waals surface area contributed by atoms with Crippen LogP contribution in [0.3, 0.4) is 0 Å². The molecule has 1 aliphatic rings. The van der Waals surface area contributed by atoms with Crippen LogP contribution in [0, 0.1) is 0 Å². The van der Waals surface area contributed by atoms with E-state index in [2.05, 4.69) is 72.8 Å². The van der Waals surface area contributed by atoms with Crippen LogP contribution >= 0.6 is 24.0 Å². The Balaban J connectivity index is 0.00000364. The van der Waals surface area contributed by atoms with Gasteiger partial charge < -0.3 is 16.0 Å². The first-order valence-electron chi connectivity index (χ1n) is 10.0. The monoisotopic (exact) mass is 487 g/mol. The fourth-order valence-corrected chi connectivity index (χ4v) is 3.08. The maximum absolute atomic E-state index is 4.71. The minimum Gasteiger partial charge on any atom is -0.357 e. The zero-order valence-corrected chi connectivity index (χ0v) is 19.8. The third kappa shape index (κ3) is 10.3. The molecule has 1 aromatic rings. The highest BCUT2D eigenvalue weighted by Gasteiger charge is 2.11. The molecule has 0 spiro atoms. The first-order chi connectivity index (χ1) is 12.5. The predicted molar refractivity (Wildman–Crippen MR) is 127 cm³/mol. The van der Waals surface area contributed by atoms with E-state index >= 15 is 0 Å². The highest BCUT2D eigenvalue weighted by molar-refractivity contribution is 14.0. The van der Waals surface area contributed by atoms with Crippen molar-refractivity contribution in [3.8, 4) is 0 Å². The van der Waals surface area contributed by atoms with Crippen molar-refractivity contribution in [2.24, 2.45) is 4.99 Å². The minimum atomic E-state index is 0. The second kappa shape index (κ2) is 12.6. The molecule has 6 heteroatoms. The van der Waals surface area contributed by atoms with E-state index in [1.54, 1.807) is 0 Å². The standard InChI is InChI=1S/C21H37N5.HI/c1-5-22-20(23-12-13-25-21(2,3)4)24-16-18-8-10-19(11-9-18)17-26-14-6-7-15-26;/h8-11,25H,5-7,12-17H2,1-4H3,(H2,22,23,24);1H. The Bertz CT molecular complexity index is 545. The van der Waals surface area contributed by atoms with E-state index in [1.165, 1.54) is 37.1 Å². The second-order valence-electron chi connectivity index (χ2n) is 8.10. The molecule has 0 radical (unpaired) electrons. The molecule has 154 valence electrons. The van der Waals surface area contributed by atoms with Crippen molar-refractivity contribution >= 4 is 29.9 Å². The Morgan fingerprint density at radius 1 is 1.00 bits per heavy atom. The number of likely N-dealkylation sites (tertiary alicyclic amines) is 1. The largest absolute Gasteiger partial charge is 0.357 e. The summed E-state index contributed by atoms with van der Waals surface area (Å²) in [6.07, 6.45) is 2.69. The highest BCUT2D eigenvalue weighted by atomic mass is 127. The number of nitrogens with zero attached hydrogens (tertiary/aromatic N) is 2. The highest BCUT2D eigenvalue weighted by Crippen LogP contribution is 2.13. The molecule has 1 aromatic carbocycles. The van der Waals surface area contributed by atoms with Crippen molar-refractivity contribution in [1.29, 1.82) is 0 Å². The molecule has 1 aliphatic heterocycles. The number of rotatable bonds is 8. The molecular formula is C21H38IN5. The number of halogens is 1. The van der Waals surface area contributed by atoms with Crippen LogP contribution in [0.2, 0.25) is 0 Å². The van der Waals surface area contributed by atoms with Gasteiger partial charge in [-0.25, -0.2) is 4.99 Å². The Morgan fingerprint density at radius 3 is 2.22 bits per heavy atom. The summed E-state index contributed by atoms with van der Waals surface area (Å²) in [4.78, 5) is 7.24. The van der Waals surface area contributed by atoms with E-state index < -0.39 is 0 Å². The van der Waals surface area contributed by atoms with E-state index in [4.69, 9.17) is 4.99 Å². The predicted octanol–water partition coefficient (Wildman–Crippen LogP) is 3.34. The summed E-state index contributed by atoms with van der Waals surface area (Å²) in [6, 6.07) is 8.91. The van der Waals surface area contributed by atoms with E-state index in [1.807, 2.05) is 0 Å². The molecule has 2 rings (SSSR count). The van der Waals surface area contributed by atoms with Crippen molar-refractivity contribution in [1.82, 2.24) is 20.9 Å². The second-order valence-corrected chi connectivity index (χ2v) is 8.10. The number of nitrogens with one attached hydrogen (secondary N) is 3. The molecule has 0 aromatic heterocycles. The summed E-state index contributed by atoms with van der Waals surface area (Å²) < 4.78 is 0. The zero-order chi connectivity index (χ0) is 18.8. The van der Waals surface area contributed by atoms with Crippen LogP contribution in [-0.2, 0) is 13.1 Å². The summed E-state index contributed by atoms with van der Waals surface area (Å²) in [5.41, 5.74) is 2.80. The molecule has 0 saturated carbocycles. The van der Waals surface area contributed by atoms with Crippen molar-refractivity contribution in [2.45, 2.75) is 59.2 Å². The van der Waals surface area contributed by atoms with Gasteiger partial charge in [-0.3, -0.25) is 4.90 Å². The Labute approximate surface area is 182 Å². The van der Waals surface area contributed by atoms with Crippen LogP contribution < -0.4 is 16.0 Å². The van der Waals surface area contributed by atoms with Crippen LogP contribution in [-0.4, -0.2) is 49.1 Å². The average molecular weight is 487 g/mol. The van der Waals surface area contributed by atoms with Crippen LogP contribution in [0.25, 0.3) is 0 Å². The quantitative estimate of drug-likeness (QED) is 0.228. The fraction of sp³-hybridized carbons (Fsp3) is 0.667. The van der Waals surface area contributed by atoms with Gasteiger partial charge >= 0.3 is 0 Å². The van der Waals surface area contributed by atoms with Gasteiger partial charge in [-0.15, -0.1) is 24.0 Å². The van der Waals surface area contributed by atoms with Gasteiger partial charge in [0.05, 0.1) is 6.54 Å². The van der Waals surface area contributed by atoms with Gasteiger partial charge in [0, 0.05) is 31.7 Å². The minimum absolute atomic E-state index is 0. The number of benzene rings is 1. The summed E-state index contributed by atoms with van der Waals surface area (Å²) in [6.45, 7) is 15.5. The summed E-state index contributed by atoms with van der Waals surface area (Å²) in [5, 5.41) is 10.2. The van der Waals surface area contributed by atoms with Gasteiger partial charge in [-0.1, -0.05) is 24.3 Å². The Kier molecular flexibility index (Phi) is 11.3. The zero-order valence-electron chi connectivity index (χ0n) is 17.5. The molecular weight excluding hydrogens is 449 g/mol. The molecule has 27 heavy (non-hydrogen) atoms. The lowest BCUT2D eigenvalue weighted by atomic mass is 10.1. The van der Waals surface area contributed by atoms with Crippen LogP contribution in [0.15, 0.2) is 29.3 Å². The van der Waals surface area contributed by atoms with Gasteiger partial charge in [0.2, 0.25) is 0 Å². The maximum Gasteiger partial charge on any atom is 0.191 e. The molecule has 5 nitrogen and oxygen atoms in total. The van der Waals surface area contributed by atoms with E-state index in [0.717, 1.165) is 32.1 Å². The Hall–Kier alpha value is -0.860. The summed E-state index contributed by atoms with van der Waals surface area (Å²) >= 11 is 0. The van der Waals surface area contributed by atoms with Crippen molar-refractivity contribution in [3.63, 3.8) is 0 Å². The molecule has 1 fully saturated rings. The Morgan fingerprint density at radius 2 is 1.63 bits per heavy atom. The van der Waals surface area contributed by atoms with Gasteiger partial charge in [0.15, 0.2) is 5.96 Å². The summed E-state index contributed by atoms with van der Waals surface area (Å²) in [7, 11) is 0. The molecule has 0 aliphatic carbocycles. The first-order valence-corrected chi connectivity index (χ1v) is 10.0. The number of hydrogen-bond acceptors (Lipinski definition) is 3. The van der Waals surface area contributed by atoms with Gasteiger partial charge in [0.1, 0.15) is 0 Å². The SMILES string of the molecule is CCNC(=NCc1ccc(CN2CCCC2)cc1)NCCNC(C)(C)C.I. The van der Waals surface area contributed by atoms with Crippen LogP contribution in [0.4, 0.5) is 0 Å². The van der Waals surface area contributed by atoms with E-state index in [0.29, 0.717) is 6.54 Å². The fourth-order valence-electron chi connectivity index (χ4n) is 3.08. The number of aliphatic imine (C=N–C) groups is 1. The lowest BCUT2D eigenvalue weighted by Crippen LogP contribution is -2.44. The lowest BCUT2D eigenvalue weighted by molar-refractivity contribution is 0.331. The van der Waals surface area contributed by atoms with Crippen molar-refractivity contribution in [3.05, 3.63) is 35.4 Å². The molecule has 0 amide bonds.